The molecule has 1 heterocycles. The Morgan fingerprint density at radius 1 is 1.30 bits per heavy atom. The summed E-state index contributed by atoms with van der Waals surface area (Å²) < 4.78 is 0. The first kappa shape index (κ1) is 16.5. The number of amides is 2. The second-order valence-corrected chi connectivity index (χ2v) is 6.45. The summed E-state index contributed by atoms with van der Waals surface area (Å²) in [5.74, 6) is -1.69. The number of carboxylic acids is 1. The number of hydrogen-bond acceptors (Lipinski definition) is 3. The number of nitrogens with zero attached hydrogens (tertiary/aromatic N) is 1. The van der Waals surface area contributed by atoms with E-state index in [1.807, 2.05) is 0 Å². The van der Waals surface area contributed by atoms with Crippen LogP contribution in [0.15, 0.2) is 0 Å². The Labute approximate surface area is 119 Å². The molecule has 1 fully saturated rings. The second kappa shape index (κ2) is 6.24. The second-order valence-electron chi connectivity index (χ2n) is 6.45. The lowest BCUT2D eigenvalue weighted by atomic mass is 9.86. The average molecular weight is 284 g/mol. The Morgan fingerprint density at radius 3 is 2.35 bits per heavy atom. The van der Waals surface area contributed by atoms with E-state index in [9.17, 15) is 19.5 Å². The molecular weight excluding hydrogens is 260 g/mol. The van der Waals surface area contributed by atoms with Gasteiger partial charge in [-0.2, -0.15) is 0 Å². The number of rotatable bonds is 3. The van der Waals surface area contributed by atoms with Gasteiger partial charge in [0.25, 0.3) is 0 Å². The highest BCUT2D eigenvalue weighted by Gasteiger charge is 2.35. The van der Waals surface area contributed by atoms with Crippen LogP contribution in [-0.2, 0) is 14.4 Å². The van der Waals surface area contributed by atoms with Gasteiger partial charge >= 0.3 is 5.97 Å². The molecule has 0 aromatic rings. The van der Waals surface area contributed by atoms with E-state index in [1.165, 1.54) is 6.92 Å². The molecule has 1 aliphatic heterocycles. The molecule has 2 atom stereocenters. The first-order valence-electron chi connectivity index (χ1n) is 6.91. The van der Waals surface area contributed by atoms with E-state index in [0.29, 0.717) is 19.5 Å². The Balaban J connectivity index is 2.70. The van der Waals surface area contributed by atoms with Crippen molar-refractivity contribution in [1.82, 2.24) is 10.2 Å². The zero-order valence-electron chi connectivity index (χ0n) is 12.6. The summed E-state index contributed by atoms with van der Waals surface area (Å²) >= 11 is 0. The molecule has 0 spiro atoms. The molecule has 1 saturated heterocycles. The summed E-state index contributed by atoms with van der Waals surface area (Å²) in [5, 5.41) is 11.8. The van der Waals surface area contributed by atoms with Crippen LogP contribution in [-0.4, -0.2) is 46.9 Å². The lowest BCUT2D eigenvalue weighted by molar-refractivity contribution is -0.146. The minimum absolute atomic E-state index is 0.0481. The molecule has 2 N–H and O–H groups in total. The van der Waals surface area contributed by atoms with Crippen molar-refractivity contribution in [3.8, 4) is 0 Å². The molecule has 0 aromatic heterocycles. The molecular formula is C14H24N2O4. The molecule has 6 heteroatoms. The predicted molar refractivity (Wildman–Crippen MR) is 74.0 cm³/mol. The maximum atomic E-state index is 12.2. The first-order chi connectivity index (χ1) is 9.12. The topological polar surface area (TPSA) is 86.7 Å². The molecule has 0 radical (unpaired) electrons. The Hall–Kier alpha value is -1.59. The van der Waals surface area contributed by atoms with Gasteiger partial charge in [-0.15, -0.1) is 0 Å². The van der Waals surface area contributed by atoms with Gasteiger partial charge in [-0.05, 0) is 18.3 Å². The first-order valence-corrected chi connectivity index (χ1v) is 6.91. The molecule has 0 bridgehead atoms. The summed E-state index contributed by atoms with van der Waals surface area (Å²) in [7, 11) is 0. The van der Waals surface area contributed by atoms with Gasteiger partial charge < -0.3 is 15.3 Å². The van der Waals surface area contributed by atoms with Crippen molar-refractivity contribution >= 4 is 17.8 Å². The largest absolute Gasteiger partial charge is 0.480 e. The van der Waals surface area contributed by atoms with Gasteiger partial charge in [0.1, 0.15) is 6.04 Å². The van der Waals surface area contributed by atoms with E-state index in [-0.39, 0.29) is 17.7 Å². The van der Waals surface area contributed by atoms with Crippen LogP contribution in [0.1, 0.15) is 40.5 Å². The third-order valence-electron chi connectivity index (χ3n) is 3.64. The molecule has 1 rings (SSSR count). The van der Waals surface area contributed by atoms with Crippen molar-refractivity contribution < 1.29 is 19.5 Å². The number of hydrogen-bond donors (Lipinski definition) is 2. The highest BCUT2D eigenvalue weighted by molar-refractivity contribution is 5.86. The lowest BCUT2D eigenvalue weighted by Crippen LogP contribution is -2.53. The Kier molecular flexibility index (Phi) is 5.14. The van der Waals surface area contributed by atoms with Gasteiger partial charge in [0.05, 0.1) is 5.92 Å². The number of carbonyl (C=O) groups is 3. The number of nitrogens with one attached hydrogen (secondary N) is 1. The predicted octanol–water partition coefficient (Wildman–Crippen LogP) is 0.860. The summed E-state index contributed by atoms with van der Waals surface area (Å²) in [6, 6.07) is -0.928. The maximum absolute atomic E-state index is 12.2. The van der Waals surface area contributed by atoms with Gasteiger partial charge in [0.2, 0.25) is 11.8 Å². The van der Waals surface area contributed by atoms with E-state index in [2.05, 4.69) is 5.32 Å². The minimum Gasteiger partial charge on any atom is -0.480 e. The zero-order valence-corrected chi connectivity index (χ0v) is 12.6. The lowest BCUT2D eigenvalue weighted by Gasteiger charge is -2.34. The Morgan fingerprint density at radius 2 is 1.90 bits per heavy atom. The van der Waals surface area contributed by atoms with E-state index in [1.54, 1.807) is 25.7 Å². The summed E-state index contributed by atoms with van der Waals surface area (Å²) in [6.45, 7) is 7.84. The van der Waals surface area contributed by atoms with Crippen molar-refractivity contribution in [3.63, 3.8) is 0 Å². The van der Waals surface area contributed by atoms with Crippen LogP contribution >= 0.6 is 0 Å². The molecule has 20 heavy (non-hydrogen) atoms. The minimum atomic E-state index is -1.04. The monoisotopic (exact) mass is 284 g/mol. The highest BCUT2D eigenvalue weighted by Crippen LogP contribution is 2.22. The van der Waals surface area contributed by atoms with Crippen LogP contribution in [0.2, 0.25) is 0 Å². The summed E-state index contributed by atoms with van der Waals surface area (Å²) in [6.07, 6.45) is 1.46. The van der Waals surface area contributed by atoms with Crippen LogP contribution in [0.5, 0.6) is 0 Å². The van der Waals surface area contributed by atoms with Crippen molar-refractivity contribution in [2.45, 2.75) is 46.6 Å². The Bertz CT molecular complexity index is 400. The summed E-state index contributed by atoms with van der Waals surface area (Å²) in [4.78, 5) is 36.5. The van der Waals surface area contributed by atoms with Crippen molar-refractivity contribution in [2.24, 2.45) is 11.3 Å². The standard InChI is InChI=1S/C14H24N2O4/c1-9(17)16-7-5-6-10(8-16)12(18)15-11(13(19)20)14(2,3)4/h10-11H,5-8H2,1-4H3,(H,15,18)(H,19,20). The molecule has 6 nitrogen and oxygen atoms in total. The normalized spacial score (nSPS) is 21.2. The number of aliphatic carboxylic acids is 1. The SMILES string of the molecule is CC(=O)N1CCCC(C(=O)NC(C(=O)O)C(C)(C)C)C1. The molecule has 2 unspecified atom stereocenters. The van der Waals surface area contributed by atoms with Crippen LogP contribution in [0.4, 0.5) is 0 Å². The van der Waals surface area contributed by atoms with Crippen LogP contribution in [0.3, 0.4) is 0 Å². The van der Waals surface area contributed by atoms with E-state index in [0.717, 1.165) is 6.42 Å². The van der Waals surface area contributed by atoms with Gasteiger partial charge in [-0.1, -0.05) is 20.8 Å². The summed E-state index contributed by atoms with van der Waals surface area (Å²) in [5.41, 5.74) is -0.559. The third-order valence-corrected chi connectivity index (χ3v) is 3.64. The van der Waals surface area contributed by atoms with Crippen LogP contribution in [0.25, 0.3) is 0 Å². The van der Waals surface area contributed by atoms with Gasteiger partial charge in [0.15, 0.2) is 0 Å². The van der Waals surface area contributed by atoms with Gasteiger partial charge in [-0.3, -0.25) is 9.59 Å². The fraction of sp³-hybridized carbons (Fsp3) is 0.786. The average Bonchev–Trinajstić information content (AvgIpc) is 2.33. The molecule has 2 amide bonds. The number of piperidine rings is 1. The number of likely N-dealkylation sites (tertiary alicyclic amines) is 1. The third kappa shape index (κ3) is 4.21. The van der Waals surface area contributed by atoms with Gasteiger partial charge in [0, 0.05) is 20.0 Å². The highest BCUT2D eigenvalue weighted by atomic mass is 16.4. The quantitative estimate of drug-likeness (QED) is 0.804. The zero-order chi connectivity index (χ0) is 15.5. The number of carboxylic acid groups (broad SMARTS) is 1. The van der Waals surface area contributed by atoms with Gasteiger partial charge in [-0.25, -0.2) is 4.79 Å². The van der Waals surface area contributed by atoms with Crippen LogP contribution < -0.4 is 5.32 Å². The molecule has 0 saturated carbocycles. The van der Waals surface area contributed by atoms with E-state index < -0.39 is 17.4 Å². The fourth-order valence-electron chi connectivity index (χ4n) is 2.39. The number of carbonyl (C=O) groups excluding carboxylic acids is 2. The molecule has 1 aliphatic rings. The van der Waals surface area contributed by atoms with Crippen molar-refractivity contribution in [1.29, 1.82) is 0 Å². The fourth-order valence-corrected chi connectivity index (χ4v) is 2.39. The van der Waals surface area contributed by atoms with Crippen molar-refractivity contribution in [2.75, 3.05) is 13.1 Å². The van der Waals surface area contributed by atoms with E-state index >= 15 is 0 Å². The molecule has 114 valence electrons. The van der Waals surface area contributed by atoms with E-state index in [4.69, 9.17) is 0 Å². The molecule has 0 aliphatic carbocycles. The van der Waals surface area contributed by atoms with Crippen molar-refractivity contribution in [3.05, 3.63) is 0 Å². The smallest absolute Gasteiger partial charge is 0.326 e. The molecule has 0 aromatic carbocycles. The maximum Gasteiger partial charge on any atom is 0.326 e. The van der Waals surface area contributed by atoms with Crippen LogP contribution in [0, 0.1) is 11.3 Å².